The van der Waals surface area contributed by atoms with Crippen LogP contribution in [0.3, 0.4) is 0 Å². The molecule has 136 valence electrons. The third-order valence-electron chi connectivity index (χ3n) is 4.07. The second-order valence-corrected chi connectivity index (χ2v) is 7.35. The summed E-state index contributed by atoms with van der Waals surface area (Å²) >= 11 is 11.8. The van der Waals surface area contributed by atoms with E-state index in [0.29, 0.717) is 27.6 Å². The largest absolute Gasteiger partial charge is 0.342 e. The van der Waals surface area contributed by atoms with Gasteiger partial charge in [0.15, 0.2) is 5.78 Å². The van der Waals surface area contributed by atoms with E-state index in [1.807, 2.05) is 27.7 Å². The Kier molecular flexibility index (Phi) is 8.40. The van der Waals surface area contributed by atoms with Crippen LogP contribution in [-0.2, 0) is 4.79 Å². The van der Waals surface area contributed by atoms with E-state index in [0.717, 1.165) is 0 Å². The molecule has 0 heterocycles. The van der Waals surface area contributed by atoms with Crippen LogP contribution in [0.2, 0.25) is 5.02 Å². The fourth-order valence-electron chi connectivity index (χ4n) is 2.36. The number of Topliss-reactive ketones (excluding diaryl/α,β-unsaturated/α-hetero) is 1. The zero-order chi connectivity index (χ0) is 19.1. The number of hydrogen-bond acceptors (Lipinski definition) is 2. The molecule has 0 saturated heterocycles. The van der Waals surface area contributed by atoms with E-state index in [4.69, 9.17) is 23.2 Å². The molecular weight excluding hydrogens is 357 g/mol. The molecule has 0 spiro atoms. The normalized spacial score (nSPS) is 14.1. The van der Waals surface area contributed by atoms with Gasteiger partial charge in [-0.15, -0.1) is 0 Å². The van der Waals surface area contributed by atoms with Crippen LogP contribution in [0.25, 0.3) is 0 Å². The fourth-order valence-corrected chi connectivity index (χ4v) is 2.56. The SMILES string of the molecule is C=C(Cl)[C@H](C)C/C(=C\C)C(=O)C(NC(=O)c1ccc(Cl)cc1)C(C)C. The lowest BCUT2D eigenvalue weighted by Gasteiger charge is -2.23. The van der Waals surface area contributed by atoms with E-state index in [9.17, 15) is 9.59 Å². The molecule has 1 aromatic carbocycles. The van der Waals surface area contributed by atoms with Crippen molar-refractivity contribution >= 4 is 34.9 Å². The van der Waals surface area contributed by atoms with Gasteiger partial charge >= 0.3 is 0 Å². The van der Waals surface area contributed by atoms with Gasteiger partial charge in [-0.25, -0.2) is 0 Å². The average Bonchev–Trinajstić information content (AvgIpc) is 2.56. The molecule has 0 aliphatic heterocycles. The van der Waals surface area contributed by atoms with E-state index in [2.05, 4.69) is 11.9 Å². The highest BCUT2D eigenvalue weighted by Crippen LogP contribution is 2.23. The van der Waals surface area contributed by atoms with E-state index in [-0.39, 0.29) is 23.5 Å². The lowest BCUT2D eigenvalue weighted by Crippen LogP contribution is -2.45. The molecule has 1 unspecified atom stereocenters. The van der Waals surface area contributed by atoms with Crippen molar-refractivity contribution in [2.75, 3.05) is 0 Å². The third-order valence-corrected chi connectivity index (χ3v) is 4.69. The molecule has 0 radical (unpaired) electrons. The van der Waals surface area contributed by atoms with Gasteiger partial charge in [-0.3, -0.25) is 9.59 Å². The molecule has 0 bridgehead atoms. The Morgan fingerprint density at radius 1 is 1.20 bits per heavy atom. The maximum absolute atomic E-state index is 12.9. The number of halogens is 2. The predicted octanol–water partition coefficient (Wildman–Crippen LogP) is 5.39. The van der Waals surface area contributed by atoms with Gasteiger partial charge < -0.3 is 5.32 Å². The Balaban J connectivity index is 2.94. The smallest absolute Gasteiger partial charge is 0.251 e. The van der Waals surface area contributed by atoms with Gasteiger partial charge in [-0.05, 0) is 55.0 Å². The molecule has 2 atom stereocenters. The van der Waals surface area contributed by atoms with Crippen LogP contribution >= 0.6 is 23.2 Å². The molecule has 0 saturated carbocycles. The number of carbonyl (C=O) groups excluding carboxylic acids is 2. The highest BCUT2D eigenvalue weighted by atomic mass is 35.5. The van der Waals surface area contributed by atoms with E-state index >= 15 is 0 Å². The molecule has 1 amide bonds. The summed E-state index contributed by atoms with van der Waals surface area (Å²) in [6.07, 6.45) is 2.28. The van der Waals surface area contributed by atoms with Crippen molar-refractivity contribution in [3.05, 3.63) is 58.1 Å². The van der Waals surface area contributed by atoms with Crippen LogP contribution < -0.4 is 5.32 Å². The summed E-state index contributed by atoms with van der Waals surface area (Å²) in [5.74, 6) is -0.455. The van der Waals surface area contributed by atoms with Gasteiger partial charge in [0.05, 0.1) is 6.04 Å². The maximum atomic E-state index is 12.9. The lowest BCUT2D eigenvalue weighted by atomic mass is 9.89. The van der Waals surface area contributed by atoms with Crippen molar-refractivity contribution in [1.82, 2.24) is 5.32 Å². The number of allylic oxidation sites excluding steroid dienone is 2. The molecule has 3 nitrogen and oxygen atoms in total. The molecule has 0 aliphatic rings. The van der Waals surface area contributed by atoms with Gasteiger partial charge in [0.1, 0.15) is 0 Å². The van der Waals surface area contributed by atoms with Crippen LogP contribution in [0.1, 0.15) is 44.5 Å². The topological polar surface area (TPSA) is 46.2 Å². The summed E-state index contributed by atoms with van der Waals surface area (Å²) in [7, 11) is 0. The molecule has 0 aliphatic carbocycles. The number of nitrogens with one attached hydrogen (secondary N) is 1. The Morgan fingerprint density at radius 3 is 2.20 bits per heavy atom. The maximum Gasteiger partial charge on any atom is 0.251 e. The monoisotopic (exact) mass is 381 g/mol. The standard InChI is InChI=1S/C20H25Cl2NO2/c1-6-15(11-13(4)14(5)21)19(24)18(12(2)3)23-20(25)16-7-9-17(22)10-8-16/h6-10,12-13,18H,5,11H2,1-4H3,(H,23,25)/b15-6+/t13-,18?/m1/s1. The average molecular weight is 382 g/mol. The second kappa shape index (κ2) is 9.79. The van der Waals surface area contributed by atoms with E-state index in [1.54, 1.807) is 30.3 Å². The molecule has 5 heteroatoms. The second-order valence-electron chi connectivity index (χ2n) is 6.43. The van der Waals surface area contributed by atoms with Crippen LogP contribution in [0.5, 0.6) is 0 Å². The predicted molar refractivity (Wildman–Crippen MR) is 105 cm³/mol. The van der Waals surface area contributed by atoms with Gasteiger partial charge in [0, 0.05) is 15.6 Å². The first-order chi connectivity index (χ1) is 11.7. The Hall–Kier alpha value is -1.58. The summed E-state index contributed by atoms with van der Waals surface area (Å²) < 4.78 is 0. The summed E-state index contributed by atoms with van der Waals surface area (Å²) in [6, 6.07) is 5.96. The Labute approximate surface area is 160 Å². The molecule has 0 aromatic heterocycles. The minimum atomic E-state index is -0.606. The molecule has 1 N–H and O–H groups in total. The lowest BCUT2D eigenvalue weighted by molar-refractivity contribution is -0.118. The van der Waals surface area contributed by atoms with Crippen molar-refractivity contribution < 1.29 is 9.59 Å². The number of benzene rings is 1. The molecule has 25 heavy (non-hydrogen) atoms. The highest BCUT2D eigenvalue weighted by molar-refractivity contribution is 6.30. The number of ketones is 1. The molecule has 1 aromatic rings. The zero-order valence-corrected chi connectivity index (χ0v) is 16.6. The van der Waals surface area contributed by atoms with Crippen molar-refractivity contribution in [3.63, 3.8) is 0 Å². The minimum absolute atomic E-state index is 0.0170. The molecular formula is C20H25Cl2NO2. The zero-order valence-electron chi connectivity index (χ0n) is 15.1. The van der Waals surface area contributed by atoms with Gasteiger partial charge in [-0.1, -0.05) is 56.6 Å². The summed E-state index contributed by atoms with van der Waals surface area (Å²) in [6.45, 7) is 11.3. The number of carbonyl (C=O) groups is 2. The van der Waals surface area contributed by atoms with E-state index < -0.39 is 6.04 Å². The Bertz CT molecular complexity index is 663. The van der Waals surface area contributed by atoms with Crippen molar-refractivity contribution in [3.8, 4) is 0 Å². The first-order valence-electron chi connectivity index (χ1n) is 8.27. The van der Waals surface area contributed by atoms with Gasteiger partial charge in [0.2, 0.25) is 0 Å². The molecule has 1 rings (SSSR count). The van der Waals surface area contributed by atoms with E-state index in [1.165, 1.54) is 0 Å². The van der Waals surface area contributed by atoms with Crippen LogP contribution in [0.4, 0.5) is 0 Å². The summed E-state index contributed by atoms with van der Waals surface area (Å²) in [5.41, 5.74) is 1.11. The number of amides is 1. The first kappa shape index (κ1) is 21.5. The molecule has 0 fully saturated rings. The van der Waals surface area contributed by atoms with Crippen LogP contribution in [0.15, 0.2) is 47.5 Å². The minimum Gasteiger partial charge on any atom is -0.342 e. The quantitative estimate of drug-likeness (QED) is 0.613. The van der Waals surface area contributed by atoms with Crippen molar-refractivity contribution in [2.24, 2.45) is 11.8 Å². The fraction of sp³-hybridized carbons (Fsp3) is 0.400. The third kappa shape index (κ3) is 6.33. The number of rotatable bonds is 8. The summed E-state index contributed by atoms with van der Waals surface area (Å²) in [5, 5.41) is 3.91. The van der Waals surface area contributed by atoms with Gasteiger partial charge in [-0.2, -0.15) is 0 Å². The van der Waals surface area contributed by atoms with Crippen molar-refractivity contribution in [1.29, 1.82) is 0 Å². The summed E-state index contributed by atoms with van der Waals surface area (Å²) in [4.78, 5) is 25.4. The van der Waals surface area contributed by atoms with Crippen LogP contribution in [-0.4, -0.2) is 17.7 Å². The highest BCUT2D eigenvalue weighted by Gasteiger charge is 2.27. The van der Waals surface area contributed by atoms with Crippen LogP contribution in [0, 0.1) is 11.8 Å². The first-order valence-corrected chi connectivity index (χ1v) is 9.03. The Morgan fingerprint density at radius 2 is 1.76 bits per heavy atom. The number of hydrogen-bond donors (Lipinski definition) is 1. The van der Waals surface area contributed by atoms with Crippen molar-refractivity contribution in [2.45, 2.75) is 40.2 Å². The van der Waals surface area contributed by atoms with Gasteiger partial charge in [0.25, 0.3) is 5.91 Å².